The maximum absolute atomic E-state index is 12.8. The fourth-order valence-electron chi connectivity index (χ4n) is 3.16. The van der Waals surface area contributed by atoms with Gasteiger partial charge < -0.3 is 9.47 Å². The van der Waals surface area contributed by atoms with E-state index in [0.717, 1.165) is 5.56 Å². The summed E-state index contributed by atoms with van der Waals surface area (Å²) in [5, 5.41) is 0. The van der Waals surface area contributed by atoms with E-state index in [4.69, 9.17) is 9.47 Å². The van der Waals surface area contributed by atoms with Crippen LogP contribution in [0.5, 0.6) is 5.75 Å². The zero-order valence-corrected chi connectivity index (χ0v) is 20.0. The van der Waals surface area contributed by atoms with Crippen molar-refractivity contribution in [3.8, 4) is 5.75 Å². The molecule has 0 spiro atoms. The lowest BCUT2D eigenvalue weighted by atomic mass is 10.1. The molecule has 2 aromatic rings. The van der Waals surface area contributed by atoms with Crippen molar-refractivity contribution in [1.29, 1.82) is 0 Å². The molecule has 2 aromatic carbocycles. The van der Waals surface area contributed by atoms with Gasteiger partial charge in [0, 0.05) is 25.1 Å². The van der Waals surface area contributed by atoms with Gasteiger partial charge in [0.15, 0.2) is 0 Å². The van der Waals surface area contributed by atoms with E-state index < -0.39 is 22.0 Å². The van der Waals surface area contributed by atoms with Crippen molar-refractivity contribution < 1.29 is 27.5 Å². The van der Waals surface area contributed by atoms with Gasteiger partial charge in [0.25, 0.3) is 5.91 Å². The predicted molar refractivity (Wildman–Crippen MR) is 124 cm³/mol. The Labute approximate surface area is 195 Å². The van der Waals surface area contributed by atoms with Crippen LogP contribution in [0.15, 0.2) is 53.4 Å². The molecule has 0 aliphatic heterocycles. The first-order valence-electron chi connectivity index (χ1n) is 10.8. The summed E-state index contributed by atoms with van der Waals surface area (Å²) in [5.74, 6) is 0.104. The second-order valence-electron chi connectivity index (χ2n) is 7.21. The molecule has 10 heteroatoms. The van der Waals surface area contributed by atoms with E-state index in [1.807, 2.05) is 38.1 Å². The monoisotopic (exact) mass is 477 g/mol. The Kier molecular flexibility index (Phi) is 10.1. The standard InChI is InChI=1S/C23H31N3O6S/c1-4-15-26(16-5-2)33(29,30)20-12-10-19(11-13-20)22(27)24-25-23(28)32-17-14-18-8-6-7-9-21(18)31-3/h6-13H,4-5,14-17H2,1-3H3,(H,24,27)(H,25,28). The fourth-order valence-corrected chi connectivity index (χ4v) is 4.78. The summed E-state index contributed by atoms with van der Waals surface area (Å²) < 4.78 is 37.3. The lowest BCUT2D eigenvalue weighted by Gasteiger charge is -2.21. The summed E-state index contributed by atoms with van der Waals surface area (Å²) >= 11 is 0. The highest BCUT2D eigenvalue weighted by atomic mass is 32.2. The lowest BCUT2D eigenvalue weighted by molar-refractivity contribution is 0.0910. The van der Waals surface area contributed by atoms with Crippen LogP contribution in [0.2, 0.25) is 0 Å². The van der Waals surface area contributed by atoms with Crippen LogP contribution in [-0.2, 0) is 21.2 Å². The summed E-state index contributed by atoms with van der Waals surface area (Å²) in [7, 11) is -2.06. The quantitative estimate of drug-likeness (QED) is 0.481. The molecule has 0 unspecified atom stereocenters. The Morgan fingerprint density at radius 3 is 2.18 bits per heavy atom. The topological polar surface area (TPSA) is 114 Å². The molecule has 2 rings (SSSR count). The van der Waals surface area contributed by atoms with E-state index >= 15 is 0 Å². The van der Waals surface area contributed by atoms with Crippen molar-refractivity contribution >= 4 is 22.0 Å². The van der Waals surface area contributed by atoms with Gasteiger partial charge in [-0.05, 0) is 48.7 Å². The van der Waals surface area contributed by atoms with Crippen LogP contribution >= 0.6 is 0 Å². The third-order valence-corrected chi connectivity index (χ3v) is 6.69. The highest BCUT2D eigenvalue weighted by molar-refractivity contribution is 7.89. The molecule has 0 aliphatic carbocycles. The summed E-state index contributed by atoms with van der Waals surface area (Å²) in [6.45, 7) is 4.80. The van der Waals surface area contributed by atoms with Crippen LogP contribution in [0.25, 0.3) is 0 Å². The molecule has 0 aliphatic rings. The van der Waals surface area contributed by atoms with Gasteiger partial charge in [0.1, 0.15) is 5.75 Å². The maximum Gasteiger partial charge on any atom is 0.426 e. The van der Waals surface area contributed by atoms with Gasteiger partial charge in [0.05, 0.1) is 18.6 Å². The van der Waals surface area contributed by atoms with E-state index in [1.54, 1.807) is 7.11 Å². The SMILES string of the molecule is CCCN(CCC)S(=O)(=O)c1ccc(C(=O)NNC(=O)OCCc2ccccc2OC)cc1. The summed E-state index contributed by atoms with van der Waals surface area (Å²) in [6.07, 6.45) is 1.06. The minimum absolute atomic E-state index is 0.0979. The molecule has 0 saturated carbocycles. The molecule has 0 aromatic heterocycles. The second-order valence-corrected chi connectivity index (χ2v) is 9.14. The van der Waals surface area contributed by atoms with Crippen LogP contribution in [0, 0.1) is 0 Å². The fraction of sp³-hybridized carbons (Fsp3) is 0.391. The van der Waals surface area contributed by atoms with Crippen molar-refractivity contribution in [2.24, 2.45) is 0 Å². The van der Waals surface area contributed by atoms with Gasteiger partial charge >= 0.3 is 6.09 Å². The number of ether oxygens (including phenoxy) is 2. The zero-order valence-electron chi connectivity index (χ0n) is 19.2. The highest BCUT2D eigenvalue weighted by Gasteiger charge is 2.23. The number of rotatable bonds is 11. The number of carbonyl (C=O) groups is 2. The number of nitrogens with one attached hydrogen (secondary N) is 2. The van der Waals surface area contributed by atoms with Gasteiger partial charge in [-0.1, -0.05) is 32.0 Å². The van der Waals surface area contributed by atoms with Crippen molar-refractivity contribution in [2.75, 3.05) is 26.8 Å². The molecule has 0 heterocycles. The third-order valence-electron chi connectivity index (χ3n) is 4.78. The molecule has 33 heavy (non-hydrogen) atoms. The largest absolute Gasteiger partial charge is 0.496 e. The lowest BCUT2D eigenvalue weighted by Crippen LogP contribution is -2.42. The summed E-state index contributed by atoms with van der Waals surface area (Å²) in [6, 6.07) is 13.0. The van der Waals surface area contributed by atoms with E-state index in [-0.39, 0.29) is 17.1 Å². The average Bonchev–Trinajstić information content (AvgIpc) is 2.82. The van der Waals surface area contributed by atoms with Crippen LogP contribution < -0.4 is 15.6 Å². The normalized spacial score (nSPS) is 11.2. The van der Waals surface area contributed by atoms with Crippen molar-refractivity contribution in [3.63, 3.8) is 0 Å². The maximum atomic E-state index is 12.8. The molecule has 0 atom stereocenters. The predicted octanol–water partition coefficient (Wildman–Crippen LogP) is 3.12. The van der Waals surface area contributed by atoms with Crippen LogP contribution in [0.4, 0.5) is 4.79 Å². The summed E-state index contributed by atoms with van der Waals surface area (Å²) in [5.41, 5.74) is 5.50. The van der Waals surface area contributed by atoms with Gasteiger partial charge in [-0.2, -0.15) is 4.31 Å². The Bertz CT molecular complexity index is 1020. The van der Waals surface area contributed by atoms with Crippen LogP contribution in [0.3, 0.4) is 0 Å². The number of hydrogen-bond acceptors (Lipinski definition) is 6. The Balaban J connectivity index is 1.87. The molecule has 180 valence electrons. The molecule has 0 radical (unpaired) electrons. The molecular formula is C23H31N3O6S. The first kappa shape index (κ1) is 26.1. The summed E-state index contributed by atoms with van der Waals surface area (Å²) in [4.78, 5) is 24.2. The second kappa shape index (κ2) is 12.8. The van der Waals surface area contributed by atoms with Gasteiger partial charge in [-0.25, -0.2) is 18.6 Å². The number of nitrogens with zero attached hydrogens (tertiary/aromatic N) is 1. The number of methoxy groups -OCH3 is 1. The smallest absolute Gasteiger partial charge is 0.426 e. The van der Waals surface area contributed by atoms with Gasteiger partial charge in [-0.15, -0.1) is 0 Å². The number of carbonyl (C=O) groups excluding carboxylic acids is 2. The van der Waals surface area contributed by atoms with Crippen molar-refractivity contribution in [3.05, 3.63) is 59.7 Å². The average molecular weight is 478 g/mol. The first-order valence-corrected chi connectivity index (χ1v) is 12.2. The molecular weight excluding hydrogens is 446 g/mol. The van der Waals surface area contributed by atoms with E-state index in [9.17, 15) is 18.0 Å². The van der Waals surface area contributed by atoms with Crippen LogP contribution in [0.1, 0.15) is 42.6 Å². The molecule has 0 fully saturated rings. The number of hydrazine groups is 1. The van der Waals surface area contributed by atoms with Gasteiger partial charge in [-0.3, -0.25) is 10.2 Å². The number of sulfonamides is 1. The zero-order chi connectivity index (χ0) is 24.3. The first-order chi connectivity index (χ1) is 15.8. The van der Waals surface area contributed by atoms with E-state index in [2.05, 4.69) is 10.9 Å². The van der Waals surface area contributed by atoms with Crippen molar-refractivity contribution in [2.45, 2.75) is 38.0 Å². The molecule has 9 nitrogen and oxygen atoms in total. The number of para-hydroxylation sites is 1. The Morgan fingerprint density at radius 2 is 1.58 bits per heavy atom. The van der Waals surface area contributed by atoms with E-state index in [1.165, 1.54) is 28.6 Å². The Hall–Kier alpha value is -3.11. The number of benzene rings is 2. The minimum atomic E-state index is -3.63. The number of amides is 2. The van der Waals surface area contributed by atoms with Gasteiger partial charge in [0.2, 0.25) is 10.0 Å². The van der Waals surface area contributed by atoms with Crippen LogP contribution in [-0.4, -0.2) is 51.5 Å². The van der Waals surface area contributed by atoms with E-state index in [0.29, 0.717) is 38.1 Å². The molecule has 2 amide bonds. The Morgan fingerprint density at radius 1 is 0.939 bits per heavy atom. The molecule has 0 saturated heterocycles. The highest BCUT2D eigenvalue weighted by Crippen LogP contribution is 2.18. The minimum Gasteiger partial charge on any atom is -0.496 e. The molecule has 2 N–H and O–H groups in total. The van der Waals surface area contributed by atoms with Crippen molar-refractivity contribution in [1.82, 2.24) is 15.2 Å². The number of hydrogen-bond donors (Lipinski definition) is 2. The third kappa shape index (κ3) is 7.47. The molecule has 0 bridgehead atoms.